The molecule has 0 spiro atoms. The Hall–Kier alpha value is -2.97. The van der Waals surface area contributed by atoms with Crippen LogP contribution in [0, 0.1) is 0 Å². The third-order valence-electron chi connectivity index (χ3n) is 5.29. The minimum absolute atomic E-state index is 0.105. The zero-order valence-corrected chi connectivity index (χ0v) is 18.9. The standard InChI is InChI=1S/C22H18BrClN6O/c1-12(20-28-17-5-4-13(23)8-19(17)29-20)27-21-15-9-16(24)14(10-18(15)25-11-26-21)22(31)30-6-2-3-7-30/h2-5,8-12H,6-7H2,1H3,(H,28,29)(H,25,26,27)/t12-/m0/s1. The molecule has 1 atom stereocenters. The van der Waals surface area contributed by atoms with E-state index < -0.39 is 0 Å². The Morgan fingerprint density at radius 3 is 2.81 bits per heavy atom. The zero-order valence-electron chi connectivity index (χ0n) is 16.6. The van der Waals surface area contributed by atoms with Gasteiger partial charge in [0.2, 0.25) is 0 Å². The van der Waals surface area contributed by atoms with E-state index in [-0.39, 0.29) is 11.9 Å². The predicted octanol–water partition coefficient (Wildman–Crippen LogP) is 5.11. The maximum absolute atomic E-state index is 12.8. The lowest BCUT2D eigenvalue weighted by Crippen LogP contribution is -2.28. The van der Waals surface area contributed by atoms with Gasteiger partial charge < -0.3 is 15.2 Å². The Morgan fingerprint density at radius 2 is 2.00 bits per heavy atom. The fourth-order valence-corrected chi connectivity index (χ4v) is 4.26. The first kappa shape index (κ1) is 20.0. The van der Waals surface area contributed by atoms with Crippen molar-refractivity contribution in [2.24, 2.45) is 0 Å². The van der Waals surface area contributed by atoms with Crippen LogP contribution in [0.25, 0.3) is 21.9 Å². The number of nitrogens with one attached hydrogen (secondary N) is 2. The van der Waals surface area contributed by atoms with Crippen LogP contribution in [0.5, 0.6) is 0 Å². The summed E-state index contributed by atoms with van der Waals surface area (Å²) in [6.45, 7) is 3.19. The number of H-pyrrole nitrogens is 1. The number of carbonyl (C=O) groups is 1. The van der Waals surface area contributed by atoms with Gasteiger partial charge in [0.25, 0.3) is 5.91 Å². The molecule has 0 saturated heterocycles. The predicted molar refractivity (Wildman–Crippen MR) is 125 cm³/mol. The number of nitrogens with zero attached hydrogens (tertiary/aromatic N) is 4. The number of hydrogen-bond donors (Lipinski definition) is 2. The molecule has 2 aromatic heterocycles. The second-order valence-electron chi connectivity index (χ2n) is 7.40. The van der Waals surface area contributed by atoms with E-state index in [1.165, 1.54) is 6.33 Å². The van der Waals surface area contributed by atoms with Gasteiger partial charge in [-0.3, -0.25) is 4.79 Å². The molecule has 1 aliphatic rings. The van der Waals surface area contributed by atoms with Gasteiger partial charge in [0.05, 0.1) is 33.2 Å². The minimum atomic E-state index is -0.139. The Labute approximate surface area is 191 Å². The molecule has 0 saturated carbocycles. The van der Waals surface area contributed by atoms with Crippen LogP contribution in [0.4, 0.5) is 5.82 Å². The van der Waals surface area contributed by atoms with Crippen molar-refractivity contribution in [3.8, 4) is 0 Å². The number of rotatable bonds is 4. The molecule has 0 aliphatic carbocycles. The van der Waals surface area contributed by atoms with Crippen molar-refractivity contribution < 1.29 is 4.79 Å². The fourth-order valence-electron chi connectivity index (χ4n) is 3.65. The normalized spacial score (nSPS) is 14.5. The van der Waals surface area contributed by atoms with Gasteiger partial charge >= 0.3 is 0 Å². The van der Waals surface area contributed by atoms with Crippen molar-refractivity contribution in [1.82, 2.24) is 24.8 Å². The lowest BCUT2D eigenvalue weighted by atomic mass is 10.1. The maximum atomic E-state index is 12.8. The summed E-state index contributed by atoms with van der Waals surface area (Å²) >= 11 is 9.98. The number of anilines is 1. The van der Waals surface area contributed by atoms with E-state index in [2.05, 4.69) is 41.2 Å². The van der Waals surface area contributed by atoms with Crippen LogP contribution in [0.1, 0.15) is 29.1 Å². The number of benzene rings is 2. The number of fused-ring (bicyclic) bond motifs is 2. The summed E-state index contributed by atoms with van der Waals surface area (Å²) in [5.74, 6) is 1.31. The molecule has 9 heteroatoms. The molecule has 1 aliphatic heterocycles. The Balaban J connectivity index is 1.46. The summed E-state index contributed by atoms with van der Waals surface area (Å²) < 4.78 is 0.988. The van der Waals surface area contributed by atoms with Crippen LogP contribution in [0.15, 0.2) is 53.3 Å². The Morgan fingerprint density at radius 1 is 1.19 bits per heavy atom. The molecule has 4 aromatic rings. The molecule has 2 N–H and O–H groups in total. The number of carbonyl (C=O) groups excluding carboxylic acids is 1. The highest BCUT2D eigenvalue weighted by atomic mass is 79.9. The zero-order chi connectivity index (χ0) is 21.5. The first-order valence-corrected chi connectivity index (χ1v) is 11.0. The highest BCUT2D eigenvalue weighted by Gasteiger charge is 2.21. The van der Waals surface area contributed by atoms with E-state index >= 15 is 0 Å². The largest absolute Gasteiger partial charge is 0.360 e. The molecule has 1 amide bonds. The van der Waals surface area contributed by atoms with Gasteiger partial charge in [-0.25, -0.2) is 15.0 Å². The molecule has 0 bridgehead atoms. The lowest BCUT2D eigenvalue weighted by Gasteiger charge is -2.17. The van der Waals surface area contributed by atoms with Gasteiger partial charge in [-0.2, -0.15) is 0 Å². The fraction of sp³-hybridized carbons (Fsp3) is 0.182. The highest BCUT2D eigenvalue weighted by molar-refractivity contribution is 9.10. The number of aromatic amines is 1. The molecule has 7 nitrogen and oxygen atoms in total. The third kappa shape index (κ3) is 3.77. The van der Waals surface area contributed by atoms with Crippen LogP contribution in [-0.4, -0.2) is 43.8 Å². The van der Waals surface area contributed by atoms with Gasteiger partial charge in [0, 0.05) is 22.9 Å². The number of imidazole rings is 1. The van der Waals surface area contributed by atoms with Crippen LogP contribution in [0.2, 0.25) is 5.02 Å². The Kier molecular flexibility index (Phi) is 5.11. The van der Waals surface area contributed by atoms with Crippen molar-refractivity contribution in [2.75, 3.05) is 18.4 Å². The average Bonchev–Trinajstić information content (AvgIpc) is 3.43. The molecule has 0 unspecified atom stereocenters. The monoisotopic (exact) mass is 496 g/mol. The molecule has 5 rings (SSSR count). The molecule has 2 aromatic carbocycles. The van der Waals surface area contributed by atoms with E-state index in [0.29, 0.717) is 35.0 Å². The van der Waals surface area contributed by atoms with Gasteiger partial charge in [0.1, 0.15) is 18.0 Å². The highest BCUT2D eigenvalue weighted by Crippen LogP contribution is 2.30. The van der Waals surface area contributed by atoms with Gasteiger partial charge in [-0.15, -0.1) is 0 Å². The first-order chi connectivity index (χ1) is 15.0. The van der Waals surface area contributed by atoms with Crippen molar-refractivity contribution in [1.29, 1.82) is 0 Å². The third-order valence-corrected chi connectivity index (χ3v) is 6.09. The van der Waals surface area contributed by atoms with E-state index in [1.54, 1.807) is 17.0 Å². The summed E-state index contributed by atoms with van der Waals surface area (Å²) in [5, 5.41) is 4.51. The molecular weight excluding hydrogens is 480 g/mol. The van der Waals surface area contributed by atoms with Crippen molar-refractivity contribution in [2.45, 2.75) is 13.0 Å². The number of amides is 1. The molecular formula is C22H18BrClN6O. The average molecular weight is 498 g/mol. The summed E-state index contributed by atoms with van der Waals surface area (Å²) in [4.78, 5) is 31.3. The molecule has 31 heavy (non-hydrogen) atoms. The number of hydrogen-bond acceptors (Lipinski definition) is 5. The number of halogens is 2. The van der Waals surface area contributed by atoms with E-state index in [0.717, 1.165) is 26.7 Å². The molecule has 0 radical (unpaired) electrons. The van der Waals surface area contributed by atoms with Crippen molar-refractivity contribution in [3.63, 3.8) is 0 Å². The van der Waals surface area contributed by atoms with Gasteiger partial charge in [0.15, 0.2) is 0 Å². The van der Waals surface area contributed by atoms with Gasteiger partial charge in [-0.1, -0.05) is 39.7 Å². The van der Waals surface area contributed by atoms with Crippen LogP contribution >= 0.6 is 27.5 Å². The maximum Gasteiger partial charge on any atom is 0.256 e. The summed E-state index contributed by atoms with van der Waals surface area (Å²) in [5.41, 5.74) is 2.94. The van der Waals surface area contributed by atoms with Crippen LogP contribution in [-0.2, 0) is 0 Å². The van der Waals surface area contributed by atoms with Crippen molar-refractivity contribution >= 4 is 61.2 Å². The van der Waals surface area contributed by atoms with Gasteiger partial charge in [-0.05, 0) is 37.3 Å². The van der Waals surface area contributed by atoms with Crippen molar-refractivity contribution in [3.05, 3.63) is 69.7 Å². The Bertz CT molecular complexity index is 1340. The smallest absolute Gasteiger partial charge is 0.256 e. The number of aromatic nitrogens is 4. The SMILES string of the molecule is C[C@H](Nc1ncnc2cc(C(=O)N3CC=CC3)c(Cl)cc12)c1nc2ccc(Br)cc2[nH]1. The van der Waals surface area contributed by atoms with E-state index in [1.807, 2.05) is 37.3 Å². The van der Waals surface area contributed by atoms with Crippen LogP contribution < -0.4 is 5.32 Å². The first-order valence-electron chi connectivity index (χ1n) is 9.80. The summed E-state index contributed by atoms with van der Waals surface area (Å²) in [7, 11) is 0. The van der Waals surface area contributed by atoms with Crippen LogP contribution in [0.3, 0.4) is 0 Å². The van der Waals surface area contributed by atoms with E-state index in [4.69, 9.17) is 11.6 Å². The summed E-state index contributed by atoms with van der Waals surface area (Å²) in [6.07, 6.45) is 5.41. The molecule has 0 fully saturated rings. The van der Waals surface area contributed by atoms with E-state index in [9.17, 15) is 4.79 Å². The quantitative estimate of drug-likeness (QED) is 0.383. The lowest BCUT2D eigenvalue weighted by molar-refractivity contribution is 0.0800. The second kappa shape index (κ2) is 7.94. The second-order valence-corrected chi connectivity index (χ2v) is 8.73. The minimum Gasteiger partial charge on any atom is -0.360 e. The molecule has 156 valence electrons. The molecule has 3 heterocycles. The summed E-state index contributed by atoms with van der Waals surface area (Å²) in [6, 6.07) is 9.25. The topological polar surface area (TPSA) is 86.8 Å².